The predicted octanol–water partition coefficient (Wildman–Crippen LogP) is 0.961. The molecule has 1 aliphatic rings. The van der Waals surface area contributed by atoms with Gasteiger partial charge in [-0.3, -0.25) is 9.59 Å². The third kappa shape index (κ3) is 4.31. The molecule has 0 aromatic heterocycles. The zero-order valence-corrected chi connectivity index (χ0v) is 17.0. The maximum atomic E-state index is 12.9. The largest absolute Gasteiger partial charge is 0.324 e. The fourth-order valence-corrected chi connectivity index (χ4v) is 5.10. The number of carbonyl (C=O) groups is 2. The van der Waals surface area contributed by atoms with Crippen LogP contribution in [0.3, 0.4) is 0 Å². The molecule has 0 bridgehead atoms. The van der Waals surface area contributed by atoms with E-state index in [1.165, 1.54) is 36.4 Å². The van der Waals surface area contributed by atoms with E-state index in [2.05, 4.69) is 5.32 Å². The van der Waals surface area contributed by atoms with E-state index in [4.69, 9.17) is 5.14 Å². The van der Waals surface area contributed by atoms with E-state index < -0.39 is 37.9 Å². The summed E-state index contributed by atoms with van der Waals surface area (Å²) in [5.41, 5.74) is 1.10. The second-order valence-electron chi connectivity index (χ2n) is 6.62. The molecular weight excluding hydrogens is 418 g/mol. The monoisotopic (exact) mass is 437 g/mol. The van der Waals surface area contributed by atoms with Crippen molar-refractivity contribution in [2.24, 2.45) is 5.14 Å². The van der Waals surface area contributed by atoms with Crippen LogP contribution in [0.25, 0.3) is 0 Å². The number of hydrogen-bond donors (Lipinski definition) is 2. The van der Waals surface area contributed by atoms with Gasteiger partial charge in [-0.15, -0.1) is 0 Å². The minimum absolute atomic E-state index is 0.0466. The molecule has 2 amide bonds. The Balaban J connectivity index is 1.84. The summed E-state index contributed by atoms with van der Waals surface area (Å²) in [7, 11) is -8.07. The molecule has 1 aliphatic heterocycles. The van der Waals surface area contributed by atoms with Gasteiger partial charge in [-0.05, 0) is 49.7 Å². The van der Waals surface area contributed by atoms with Gasteiger partial charge in [0.2, 0.25) is 21.8 Å². The van der Waals surface area contributed by atoms with Crippen molar-refractivity contribution in [2.75, 3.05) is 5.32 Å². The molecule has 29 heavy (non-hydrogen) atoms. The summed E-state index contributed by atoms with van der Waals surface area (Å²) in [4.78, 5) is 24.7. The van der Waals surface area contributed by atoms with Crippen LogP contribution in [0.2, 0.25) is 0 Å². The van der Waals surface area contributed by atoms with E-state index in [1.807, 2.05) is 0 Å². The molecule has 2 aromatic carbocycles. The molecule has 0 radical (unpaired) electrons. The summed E-state index contributed by atoms with van der Waals surface area (Å²) >= 11 is 0. The highest BCUT2D eigenvalue weighted by atomic mass is 32.2. The second-order valence-corrected chi connectivity index (χ2v) is 10.00. The number of aryl methyl sites for hydroxylation is 1. The molecule has 3 N–H and O–H groups in total. The minimum atomic E-state index is -4.19. The van der Waals surface area contributed by atoms with Crippen molar-refractivity contribution >= 4 is 37.5 Å². The summed E-state index contributed by atoms with van der Waals surface area (Å²) in [6.07, 6.45) is -0.0292. The fraction of sp³-hybridized carbons (Fsp3) is 0.222. The molecule has 1 saturated heterocycles. The average Bonchev–Trinajstić information content (AvgIpc) is 3.04. The van der Waals surface area contributed by atoms with Gasteiger partial charge in [0.05, 0.1) is 9.79 Å². The highest BCUT2D eigenvalue weighted by molar-refractivity contribution is 7.89. The summed E-state index contributed by atoms with van der Waals surface area (Å²) in [6, 6.07) is 9.86. The quantitative estimate of drug-likeness (QED) is 0.713. The molecule has 11 heteroatoms. The van der Waals surface area contributed by atoms with Crippen LogP contribution < -0.4 is 10.5 Å². The van der Waals surface area contributed by atoms with Crippen molar-refractivity contribution in [1.82, 2.24) is 4.31 Å². The first-order chi connectivity index (χ1) is 13.5. The van der Waals surface area contributed by atoms with E-state index in [0.717, 1.165) is 5.56 Å². The number of nitrogens with one attached hydrogen (secondary N) is 1. The number of sulfonamides is 2. The summed E-state index contributed by atoms with van der Waals surface area (Å²) in [6.45, 7) is 1.80. The highest BCUT2D eigenvalue weighted by Crippen LogP contribution is 2.28. The third-order valence-corrected chi connectivity index (χ3v) is 7.26. The molecule has 1 atom stereocenters. The van der Waals surface area contributed by atoms with Gasteiger partial charge in [0.1, 0.15) is 6.04 Å². The zero-order chi connectivity index (χ0) is 21.4. The standard InChI is InChI=1S/C18H19N3O6S2/c1-12-2-6-15(7-3-12)29(26,27)21-16(10-11-17(21)22)18(23)20-13-4-8-14(9-5-13)28(19,24)25/h2-9,16H,10-11H2,1H3,(H,20,23)(H2,19,24,25)/t16-/m0/s1. The van der Waals surface area contributed by atoms with Gasteiger partial charge in [-0.25, -0.2) is 26.3 Å². The Hall–Kier alpha value is -2.76. The smallest absolute Gasteiger partial charge is 0.267 e. The maximum Gasteiger partial charge on any atom is 0.267 e. The van der Waals surface area contributed by atoms with Gasteiger partial charge in [0.25, 0.3) is 10.0 Å². The number of benzene rings is 2. The minimum Gasteiger partial charge on any atom is -0.324 e. The van der Waals surface area contributed by atoms with E-state index in [-0.39, 0.29) is 28.3 Å². The number of nitrogens with two attached hydrogens (primary N) is 1. The van der Waals surface area contributed by atoms with E-state index in [1.54, 1.807) is 19.1 Å². The molecule has 154 valence electrons. The van der Waals surface area contributed by atoms with Gasteiger partial charge in [-0.1, -0.05) is 17.7 Å². The van der Waals surface area contributed by atoms with Crippen LogP contribution in [-0.2, 0) is 29.6 Å². The van der Waals surface area contributed by atoms with Crippen molar-refractivity contribution < 1.29 is 26.4 Å². The maximum absolute atomic E-state index is 12.9. The SMILES string of the molecule is Cc1ccc(S(=O)(=O)N2C(=O)CC[C@H]2C(=O)Nc2ccc(S(N)(=O)=O)cc2)cc1. The van der Waals surface area contributed by atoms with Crippen molar-refractivity contribution in [1.29, 1.82) is 0 Å². The van der Waals surface area contributed by atoms with Crippen LogP contribution in [0.1, 0.15) is 18.4 Å². The normalized spacial score (nSPS) is 17.4. The van der Waals surface area contributed by atoms with Crippen LogP contribution >= 0.6 is 0 Å². The molecule has 0 spiro atoms. The van der Waals surface area contributed by atoms with Crippen LogP contribution in [0.5, 0.6) is 0 Å². The second kappa shape index (κ2) is 7.58. The van der Waals surface area contributed by atoms with E-state index >= 15 is 0 Å². The Labute approximate surface area is 168 Å². The number of nitrogens with zero attached hydrogens (tertiary/aromatic N) is 1. The first kappa shape index (κ1) is 21.0. The molecule has 3 rings (SSSR count). The number of amides is 2. The number of primary sulfonamides is 1. The molecule has 0 saturated carbocycles. The van der Waals surface area contributed by atoms with Crippen LogP contribution in [-0.4, -0.2) is 39.0 Å². The van der Waals surface area contributed by atoms with Crippen molar-refractivity contribution in [3.63, 3.8) is 0 Å². The Kier molecular flexibility index (Phi) is 5.48. The Morgan fingerprint density at radius 1 is 1.00 bits per heavy atom. The summed E-state index contributed by atoms with van der Waals surface area (Å²) in [5, 5.41) is 7.54. The topological polar surface area (TPSA) is 144 Å². The Morgan fingerprint density at radius 3 is 2.10 bits per heavy atom. The number of carbonyl (C=O) groups excluding carboxylic acids is 2. The van der Waals surface area contributed by atoms with E-state index in [0.29, 0.717) is 4.31 Å². The molecule has 0 unspecified atom stereocenters. The van der Waals surface area contributed by atoms with Crippen LogP contribution in [0, 0.1) is 6.92 Å². The van der Waals surface area contributed by atoms with Gasteiger partial charge < -0.3 is 5.32 Å². The summed E-state index contributed by atoms with van der Waals surface area (Å²) in [5.74, 6) is -1.34. The van der Waals surface area contributed by atoms with Crippen LogP contribution in [0.15, 0.2) is 58.3 Å². The number of rotatable bonds is 5. The molecule has 9 nitrogen and oxygen atoms in total. The first-order valence-electron chi connectivity index (χ1n) is 8.58. The van der Waals surface area contributed by atoms with Gasteiger partial charge >= 0.3 is 0 Å². The van der Waals surface area contributed by atoms with Gasteiger partial charge in [0.15, 0.2) is 0 Å². The van der Waals surface area contributed by atoms with E-state index in [9.17, 15) is 26.4 Å². The molecule has 1 fully saturated rings. The Bertz CT molecular complexity index is 1160. The van der Waals surface area contributed by atoms with Gasteiger partial charge in [-0.2, -0.15) is 0 Å². The molecule has 0 aliphatic carbocycles. The average molecular weight is 437 g/mol. The lowest BCUT2D eigenvalue weighted by atomic mass is 10.2. The van der Waals surface area contributed by atoms with Crippen molar-refractivity contribution in [3.8, 4) is 0 Å². The lowest BCUT2D eigenvalue weighted by Gasteiger charge is -2.23. The number of hydrogen-bond acceptors (Lipinski definition) is 6. The Morgan fingerprint density at radius 2 is 1.55 bits per heavy atom. The zero-order valence-electron chi connectivity index (χ0n) is 15.4. The molecule has 1 heterocycles. The lowest BCUT2D eigenvalue weighted by Crippen LogP contribution is -2.45. The number of anilines is 1. The predicted molar refractivity (Wildman–Crippen MR) is 105 cm³/mol. The van der Waals surface area contributed by atoms with Crippen molar-refractivity contribution in [2.45, 2.75) is 35.6 Å². The first-order valence-corrected chi connectivity index (χ1v) is 11.6. The third-order valence-electron chi connectivity index (χ3n) is 4.49. The lowest BCUT2D eigenvalue weighted by molar-refractivity contribution is -0.128. The van der Waals surface area contributed by atoms with Crippen molar-refractivity contribution in [3.05, 3.63) is 54.1 Å². The summed E-state index contributed by atoms with van der Waals surface area (Å²) < 4.78 is 49.1. The highest BCUT2D eigenvalue weighted by Gasteiger charge is 2.44. The van der Waals surface area contributed by atoms with Crippen LogP contribution in [0.4, 0.5) is 5.69 Å². The molecule has 2 aromatic rings. The fourth-order valence-electron chi connectivity index (χ4n) is 2.98. The molecular formula is C18H19N3O6S2. The van der Waals surface area contributed by atoms with Gasteiger partial charge in [0, 0.05) is 12.1 Å².